The number of ether oxygens (including phenoxy) is 1. The lowest BCUT2D eigenvalue weighted by Crippen LogP contribution is -2.25. The summed E-state index contributed by atoms with van der Waals surface area (Å²) < 4.78 is 5.45. The van der Waals surface area contributed by atoms with Crippen LogP contribution in [0.3, 0.4) is 0 Å². The first kappa shape index (κ1) is 19.2. The fourth-order valence-electron chi connectivity index (χ4n) is 2.86. The number of carboxylic acids is 2. The summed E-state index contributed by atoms with van der Waals surface area (Å²) in [6, 6.07) is 6.78. The number of hydrogen-bond donors (Lipinski definition) is 3. The number of carbonyl (C=O) groups is 2. The normalized spacial score (nSPS) is 17.6. The molecule has 0 aromatic heterocycles. The minimum atomic E-state index is -1.26. The summed E-state index contributed by atoms with van der Waals surface area (Å²) in [6.07, 6.45) is 8.59. The molecule has 0 bridgehead atoms. The van der Waals surface area contributed by atoms with E-state index in [0.717, 1.165) is 31.6 Å². The molecule has 26 heavy (non-hydrogen) atoms. The highest BCUT2D eigenvalue weighted by Gasteiger charge is 2.18. The van der Waals surface area contributed by atoms with Gasteiger partial charge >= 0.3 is 11.9 Å². The molecule has 0 saturated heterocycles. The number of nitrogens with one attached hydrogen (secondary N) is 1. The first-order chi connectivity index (χ1) is 12.5. The number of fused-ring (bicyclic) bond motifs is 1. The molecular formula is C19H22N2O5. The van der Waals surface area contributed by atoms with Crippen LogP contribution in [0.25, 0.3) is 6.08 Å². The monoisotopic (exact) mass is 358 g/mol. The van der Waals surface area contributed by atoms with E-state index in [4.69, 9.17) is 14.9 Å². The molecule has 138 valence electrons. The standard InChI is InChI=1S/C15H18N2O.C4H4O4/c1-18-15-4-2-3-12-6-5-11(8-14(12)15)7-13-9-16-10-17-13;5-3(6)1-2-4(7)8/h2-4,8,10,13H,5-7,9H2,1H3,(H,16,17);1-2H,(H,5,6)(H,7,8)/b;2-1+. The van der Waals surface area contributed by atoms with Gasteiger partial charge in [-0.25, -0.2) is 9.59 Å². The van der Waals surface area contributed by atoms with Crippen LogP contribution in [0.5, 0.6) is 5.75 Å². The number of nitrogens with zero attached hydrogens (tertiary/aromatic N) is 1. The second kappa shape index (κ2) is 9.41. The number of carboxylic acid groups (broad SMARTS) is 2. The van der Waals surface area contributed by atoms with Crippen molar-refractivity contribution >= 4 is 24.4 Å². The summed E-state index contributed by atoms with van der Waals surface area (Å²) in [4.78, 5) is 23.3. The van der Waals surface area contributed by atoms with E-state index >= 15 is 0 Å². The van der Waals surface area contributed by atoms with Crippen LogP contribution in [-0.2, 0) is 16.0 Å². The van der Waals surface area contributed by atoms with Crippen LogP contribution in [0.4, 0.5) is 0 Å². The maximum atomic E-state index is 9.55. The minimum absolute atomic E-state index is 0.479. The minimum Gasteiger partial charge on any atom is -0.496 e. The van der Waals surface area contributed by atoms with E-state index in [1.54, 1.807) is 7.11 Å². The SMILES string of the molecule is COc1cccc2c1C=C(CC1CN=CN1)CC2.O=C(O)/C=C/C(=O)O. The van der Waals surface area contributed by atoms with Crippen LogP contribution in [0.1, 0.15) is 24.0 Å². The quantitative estimate of drug-likeness (QED) is 0.696. The average molecular weight is 358 g/mol. The summed E-state index contributed by atoms with van der Waals surface area (Å²) in [5.74, 6) is -1.53. The number of aliphatic carboxylic acids is 2. The molecule has 1 unspecified atom stereocenters. The molecular weight excluding hydrogens is 336 g/mol. The Bertz CT molecular complexity index is 728. The Morgan fingerprint density at radius 2 is 2.00 bits per heavy atom. The highest BCUT2D eigenvalue weighted by molar-refractivity contribution is 5.89. The molecule has 1 atom stereocenters. The molecule has 7 nitrogen and oxygen atoms in total. The second-order valence-corrected chi connectivity index (χ2v) is 5.91. The zero-order valence-electron chi connectivity index (χ0n) is 14.5. The van der Waals surface area contributed by atoms with Gasteiger partial charge in [0.25, 0.3) is 0 Å². The van der Waals surface area contributed by atoms with Gasteiger partial charge in [-0.05, 0) is 30.9 Å². The third kappa shape index (κ3) is 5.77. The zero-order valence-corrected chi connectivity index (χ0v) is 14.5. The average Bonchev–Trinajstić information content (AvgIpc) is 3.13. The summed E-state index contributed by atoms with van der Waals surface area (Å²) in [6.45, 7) is 0.899. The molecule has 0 saturated carbocycles. The topological polar surface area (TPSA) is 108 Å². The van der Waals surface area contributed by atoms with Crippen molar-refractivity contribution < 1.29 is 24.5 Å². The van der Waals surface area contributed by atoms with Gasteiger partial charge in [0.1, 0.15) is 5.75 Å². The first-order valence-electron chi connectivity index (χ1n) is 8.23. The largest absolute Gasteiger partial charge is 0.496 e. The van der Waals surface area contributed by atoms with Crippen LogP contribution < -0.4 is 10.1 Å². The molecule has 3 N–H and O–H groups in total. The van der Waals surface area contributed by atoms with E-state index in [9.17, 15) is 9.59 Å². The molecule has 7 heteroatoms. The Labute approximate surface area is 151 Å². The van der Waals surface area contributed by atoms with E-state index in [-0.39, 0.29) is 0 Å². The molecule has 1 heterocycles. The highest BCUT2D eigenvalue weighted by atomic mass is 16.5. The fraction of sp³-hybridized carbons (Fsp3) is 0.316. The fourth-order valence-corrected chi connectivity index (χ4v) is 2.86. The van der Waals surface area contributed by atoms with Gasteiger partial charge in [0.15, 0.2) is 0 Å². The van der Waals surface area contributed by atoms with Crippen LogP contribution >= 0.6 is 0 Å². The van der Waals surface area contributed by atoms with Crippen molar-refractivity contribution in [3.63, 3.8) is 0 Å². The summed E-state index contributed by atoms with van der Waals surface area (Å²) in [5, 5.41) is 18.9. The Morgan fingerprint density at radius 1 is 1.27 bits per heavy atom. The van der Waals surface area contributed by atoms with Crippen molar-refractivity contribution in [1.29, 1.82) is 0 Å². The van der Waals surface area contributed by atoms with Crippen molar-refractivity contribution in [2.75, 3.05) is 13.7 Å². The second-order valence-electron chi connectivity index (χ2n) is 5.91. The number of hydrogen-bond acceptors (Lipinski definition) is 5. The van der Waals surface area contributed by atoms with Gasteiger partial charge in [-0.15, -0.1) is 0 Å². The van der Waals surface area contributed by atoms with Gasteiger partial charge in [0, 0.05) is 17.7 Å². The predicted octanol–water partition coefficient (Wildman–Crippen LogP) is 2.13. The van der Waals surface area contributed by atoms with E-state index in [2.05, 4.69) is 28.5 Å². The number of aliphatic imine (C=N–C) groups is 1. The Balaban J connectivity index is 0.000000260. The Morgan fingerprint density at radius 3 is 2.58 bits per heavy atom. The smallest absolute Gasteiger partial charge is 0.328 e. The van der Waals surface area contributed by atoms with E-state index in [0.29, 0.717) is 18.2 Å². The molecule has 1 aromatic carbocycles. The molecule has 0 amide bonds. The lowest BCUT2D eigenvalue weighted by Gasteiger charge is -2.20. The lowest BCUT2D eigenvalue weighted by atomic mass is 9.89. The molecule has 3 rings (SSSR count). The number of aryl methyl sites for hydroxylation is 1. The van der Waals surface area contributed by atoms with Crippen LogP contribution in [0.2, 0.25) is 0 Å². The van der Waals surface area contributed by atoms with Crippen molar-refractivity contribution in [1.82, 2.24) is 5.32 Å². The van der Waals surface area contributed by atoms with Crippen LogP contribution in [-0.4, -0.2) is 48.2 Å². The maximum Gasteiger partial charge on any atom is 0.328 e. The van der Waals surface area contributed by atoms with Gasteiger partial charge < -0.3 is 20.3 Å². The third-order valence-corrected chi connectivity index (χ3v) is 4.04. The van der Waals surface area contributed by atoms with E-state index < -0.39 is 11.9 Å². The number of rotatable bonds is 5. The Kier molecular flexibility index (Phi) is 6.96. The molecule has 1 aromatic rings. The van der Waals surface area contributed by atoms with Crippen molar-refractivity contribution in [3.05, 3.63) is 47.1 Å². The first-order valence-corrected chi connectivity index (χ1v) is 8.23. The summed E-state index contributed by atoms with van der Waals surface area (Å²) in [7, 11) is 1.74. The van der Waals surface area contributed by atoms with Crippen molar-refractivity contribution in [3.8, 4) is 5.75 Å². The van der Waals surface area contributed by atoms with Gasteiger partial charge in [0.2, 0.25) is 0 Å². The molecule has 0 spiro atoms. The van der Waals surface area contributed by atoms with E-state index in [1.165, 1.54) is 16.7 Å². The summed E-state index contributed by atoms with van der Waals surface area (Å²) in [5.41, 5.74) is 4.16. The van der Waals surface area contributed by atoms with Crippen molar-refractivity contribution in [2.45, 2.75) is 25.3 Å². The van der Waals surface area contributed by atoms with E-state index in [1.807, 2.05) is 12.4 Å². The highest BCUT2D eigenvalue weighted by Crippen LogP contribution is 2.32. The van der Waals surface area contributed by atoms with Gasteiger partial charge in [-0.3, -0.25) is 4.99 Å². The molecule has 1 aliphatic carbocycles. The predicted molar refractivity (Wildman–Crippen MR) is 98.6 cm³/mol. The molecule has 0 radical (unpaired) electrons. The van der Waals surface area contributed by atoms with Gasteiger partial charge in [-0.1, -0.05) is 23.8 Å². The summed E-state index contributed by atoms with van der Waals surface area (Å²) >= 11 is 0. The van der Waals surface area contributed by atoms with Gasteiger partial charge in [0.05, 0.1) is 26.0 Å². The zero-order chi connectivity index (χ0) is 18.9. The molecule has 1 aliphatic heterocycles. The van der Waals surface area contributed by atoms with Crippen LogP contribution in [0, 0.1) is 0 Å². The molecule has 2 aliphatic rings. The maximum absolute atomic E-state index is 9.55. The third-order valence-electron chi connectivity index (χ3n) is 4.04. The van der Waals surface area contributed by atoms with Gasteiger partial charge in [-0.2, -0.15) is 0 Å². The lowest BCUT2D eigenvalue weighted by molar-refractivity contribution is -0.134. The van der Waals surface area contributed by atoms with Crippen LogP contribution in [0.15, 0.2) is 40.9 Å². The number of methoxy groups -OCH3 is 1. The Hall–Kier alpha value is -3.09. The number of benzene rings is 1. The molecule has 0 fully saturated rings. The van der Waals surface area contributed by atoms with Crippen molar-refractivity contribution in [2.24, 2.45) is 4.99 Å².